The molecule has 121 heavy (non-hydrogen) atoms. The number of rotatable bonds is 15. The van der Waals surface area contributed by atoms with Crippen LogP contribution in [0.5, 0.6) is 0 Å². The number of hydrogen-bond acceptors (Lipinski definition) is 15. The van der Waals surface area contributed by atoms with Crippen LogP contribution in [-0.4, -0.2) is 190 Å². The second kappa shape index (κ2) is 42.0. The summed E-state index contributed by atoms with van der Waals surface area (Å²) in [5.74, 6) is 14.0. The van der Waals surface area contributed by atoms with Gasteiger partial charge in [0.1, 0.15) is 16.0 Å². The van der Waals surface area contributed by atoms with Crippen LogP contribution in [0, 0.1) is 56.8 Å². The maximum atomic E-state index is 14.0. The predicted molar refractivity (Wildman–Crippen MR) is 458 cm³/mol. The van der Waals surface area contributed by atoms with Crippen LogP contribution >= 0.6 is 40.7 Å². The van der Waals surface area contributed by atoms with E-state index in [4.69, 9.17) is 6.42 Å². The molecule has 632 valence electrons. The molecular weight excluding hydrogens is 1670 g/mol. The molecule has 15 rings (SSSR count). The maximum absolute atomic E-state index is 14.0. The molecule has 30 heteroatoms. The number of piperazine rings is 3. The summed E-state index contributed by atoms with van der Waals surface area (Å²) in [6.45, 7) is 15.7. The van der Waals surface area contributed by atoms with Gasteiger partial charge >= 0.3 is 18.5 Å². The lowest BCUT2D eigenvalue weighted by atomic mass is 9.96. The molecule has 3 aliphatic heterocycles. The van der Waals surface area contributed by atoms with Crippen molar-refractivity contribution < 1.29 is 53.9 Å². The highest BCUT2D eigenvalue weighted by Gasteiger charge is 2.37. The molecule has 0 saturated carbocycles. The van der Waals surface area contributed by atoms with Crippen LogP contribution in [-0.2, 0) is 57.4 Å². The van der Waals surface area contributed by atoms with E-state index in [1.807, 2.05) is 80.9 Å². The minimum absolute atomic E-state index is 0. The van der Waals surface area contributed by atoms with Crippen molar-refractivity contribution in [3.63, 3.8) is 0 Å². The topological polar surface area (TPSA) is 161 Å². The van der Waals surface area contributed by atoms with Gasteiger partial charge in [-0.05, 0) is 193 Å². The Morgan fingerprint density at radius 1 is 0.397 bits per heavy atom. The van der Waals surface area contributed by atoms with Crippen molar-refractivity contribution in [2.45, 2.75) is 85.6 Å². The first-order chi connectivity index (χ1) is 56.4. The molecular formula is C91H91BrCl2F9N15O3. The minimum Gasteiger partial charge on any atom is -0.304 e. The first kappa shape index (κ1) is 93.9. The zero-order valence-electron chi connectivity index (χ0n) is 66.7. The molecule has 18 nitrogen and oxygen atoms in total. The molecule has 0 spiro atoms. The van der Waals surface area contributed by atoms with Crippen molar-refractivity contribution >= 4 is 75.0 Å². The first-order valence-electron chi connectivity index (χ1n) is 38.1. The van der Waals surface area contributed by atoms with E-state index in [-0.39, 0.29) is 105 Å². The van der Waals surface area contributed by atoms with Crippen molar-refractivity contribution in [2.75, 3.05) is 99.7 Å². The normalized spacial score (nSPS) is 14.3. The Kier molecular flexibility index (Phi) is 32.6. The zero-order valence-corrected chi connectivity index (χ0v) is 69.9. The third-order valence-electron chi connectivity index (χ3n) is 20.8. The molecule has 9 heterocycles. The molecule has 0 bridgehead atoms. The largest absolute Gasteiger partial charge is 0.416 e. The standard InChI is InChI=1S/2C30H28F3N5O.C24H25F3N2O.C6H4BrN3.CH4.2ClH/c2*1-21-5-7-24(18-23(21)9-10-26-19-34-29-4-3-11-35-38(26)29)28(39)17-22-6-8-25(27(16-22)30(31,32)33)20-37-14-12-36(2)13-15-37;1-4-19-15-20(7-5-17(19)2)23(30)14-18-6-8-21(22(13-18)24(25,26)27)16-29-11-9-28(3)10-12-29;7-5-4-8-6-2-1-3-9-10(5)6;;;/h2*3-8,11,16,18-19H,12-15,17,20H2,1-2H3;1,5-8,13,15H,9-12,14,16H2,2-3H3;1-4H;1H4;2*1H. The third-order valence-corrected chi connectivity index (χ3v) is 21.3. The van der Waals surface area contributed by atoms with Gasteiger partial charge in [-0.1, -0.05) is 98.0 Å². The maximum Gasteiger partial charge on any atom is 0.416 e. The van der Waals surface area contributed by atoms with Crippen LogP contribution < -0.4 is 0 Å². The lowest BCUT2D eigenvalue weighted by Crippen LogP contribution is -2.44. The second-order valence-electron chi connectivity index (χ2n) is 29.5. The Morgan fingerprint density at radius 2 is 0.694 bits per heavy atom. The van der Waals surface area contributed by atoms with Gasteiger partial charge in [-0.15, -0.1) is 31.2 Å². The van der Waals surface area contributed by atoms with E-state index in [2.05, 4.69) is 90.5 Å². The van der Waals surface area contributed by atoms with Gasteiger partial charge in [0, 0.05) is 169 Å². The fourth-order valence-corrected chi connectivity index (χ4v) is 14.1. The molecule has 6 aromatic heterocycles. The van der Waals surface area contributed by atoms with E-state index in [9.17, 15) is 53.9 Å². The molecule has 0 unspecified atom stereocenters. The van der Waals surface area contributed by atoms with Gasteiger partial charge in [-0.25, -0.2) is 28.5 Å². The number of carbonyl (C=O) groups excluding carboxylic acids is 3. The predicted octanol–water partition coefficient (Wildman–Crippen LogP) is 16.4. The van der Waals surface area contributed by atoms with E-state index in [0.29, 0.717) is 72.8 Å². The van der Waals surface area contributed by atoms with Crippen LogP contribution in [0.15, 0.2) is 187 Å². The number of benzene rings is 6. The highest BCUT2D eigenvalue weighted by atomic mass is 79.9. The Balaban J connectivity index is 0.000000193. The Labute approximate surface area is 718 Å². The number of hydrogen-bond donors (Lipinski definition) is 0. The molecule has 3 fully saturated rings. The van der Waals surface area contributed by atoms with E-state index < -0.39 is 35.2 Å². The quantitative estimate of drug-likeness (QED) is 0.0541. The molecule has 0 atom stereocenters. The third kappa shape index (κ3) is 25.1. The molecule has 0 aliphatic carbocycles. The average Bonchev–Trinajstić information content (AvgIpc) is 1.79. The van der Waals surface area contributed by atoms with Gasteiger partial charge in [0.25, 0.3) is 0 Å². The monoisotopic (exact) mass is 1760 g/mol. The summed E-state index contributed by atoms with van der Waals surface area (Å²) < 4.78 is 131. The molecule has 0 radical (unpaired) electrons. The lowest BCUT2D eigenvalue weighted by Gasteiger charge is -2.33. The summed E-state index contributed by atoms with van der Waals surface area (Å²) in [6.07, 6.45) is 1.60. The van der Waals surface area contributed by atoms with Gasteiger partial charge in [-0.3, -0.25) is 29.1 Å². The number of carbonyl (C=O) groups is 3. The molecule has 0 amide bonds. The Morgan fingerprint density at radius 3 is 1.01 bits per heavy atom. The molecule has 3 saturated heterocycles. The second-order valence-corrected chi connectivity index (χ2v) is 30.3. The number of Topliss-reactive ketones (excluding diaryl/α,β-unsaturated/α-hetero) is 3. The lowest BCUT2D eigenvalue weighted by molar-refractivity contribution is -0.139. The smallest absolute Gasteiger partial charge is 0.304 e. The number of ketones is 3. The van der Waals surface area contributed by atoms with Crippen molar-refractivity contribution in [2.24, 2.45) is 0 Å². The minimum atomic E-state index is -4.50. The van der Waals surface area contributed by atoms with Gasteiger partial charge < -0.3 is 14.7 Å². The molecule has 3 aliphatic rings. The number of halogens is 12. The van der Waals surface area contributed by atoms with Crippen molar-refractivity contribution in [3.05, 3.63) is 299 Å². The van der Waals surface area contributed by atoms with Crippen LogP contribution in [0.4, 0.5) is 39.5 Å². The van der Waals surface area contributed by atoms with Gasteiger partial charge in [-0.2, -0.15) is 54.8 Å². The van der Waals surface area contributed by atoms with E-state index >= 15 is 0 Å². The summed E-state index contributed by atoms with van der Waals surface area (Å²) >= 11 is 3.30. The van der Waals surface area contributed by atoms with E-state index in [1.54, 1.807) is 136 Å². The summed E-state index contributed by atoms with van der Waals surface area (Å²) in [7, 11) is 6.02. The Hall–Kier alpha value is -10.9. The highest BCUT2D eigenvalue weighted by molar-refractivity contribution is 9.10. The van der Waals surface area contributed by atoms with Crippen LogP contribution in [0.3, 0.4) is 0 Å². The fourth-order valence-electron chi connectivity index (χ4n) is 13.7. The van der Waals surface area contributed by atoms with Crippen LogP contribution in [0.2, 0.25) is 0 Å². The summed E-state index contributed by atoms with van der Waals surface area (Å²) in [5.41, 5.74) is 8.90. The van der Waals surface area contributed by atoms with Gasteiger partial charge in [0.05, 0.1) is 35.3 Å². The molecule has 12 aromatic rings. The number of aryl methyl sites for hydroxylation is 3. The zero-order chi connectivity index (χ0) is 84.0. The van der Waals surface area contributed by atoms with Gasteiger partial charge in [0.15, 0.2) is 34.3 Å². The average molecular weight is 1760 g/mol. The number of nitrogens with zero attached hydrogens (tertiary/aromatic N) is 15. The first-order valence-corrected chi connectivity index (χ1v) is 38.9. The van der Waals surface area contributed by atoms with E-state index in [0.717, 1.165) is 124 Å². The Bertz CT molecular complexity index is 5580. The SMILES string of the molecule is Brc1cnc2cccnn12.C.C#Cc1cc(C(=O)Cc2ccc(CN3CCN(C)CC3)c(C(F)(F)F)c2)ccc1C.Cc1ccc(C(=O)Cc2ccc(CN3CCN(C)CC3)c(C(F)(F)F)c2)cc1C#Cc1cnc2cccnn12.Cc1ccc(C(=O)Cc2ccc(CN3CCN(C)CC3)c(C(F)(F)F)c2)cc1C#Cc1cnc2cccnn12.Cl.Cl. The van der Waals surface area contributed by atoms with E-state index in [1.165, 1.54) is 18.2 Å². The number of fused-ring (bicyclic) bond motifs is 3. The number of imidazole rings is 3. The van der Waals surface area contributed by atoms with Gasteiger partial charge in [0.2, 0.25) is 0 Å². The number of aromatic nitrogens is 9. The van der Waals surface area contributed by atoms with Crippen molar-refractivity contribution in [1.29, 1.82) is 0 Å². The highest BCUT2D eigenvalue weighted by Crippen LogP contribution is 2.37. The van der Waals surface area contributed by atoms with Crippen molar-refractivity contribution in [1.82, 2.24) is 73.2 Å². The summed E-state index contributed by atoms with van der Waals surface area (Å²) in [5, 5.41) is 12.5. The number of likely N-dealkylation sites (N-methyl/N-ethyl adjacent to an activating group) is 3. The molecule has 6 aromatic carbocycles. The number of terminal acetylenes is 1. The number of alkyl halides is 9. The van der Waals surface area contributed by atoms with Crippen molar-refractivity contribution in [3.8, 4) is 36.0 Å². The summed E-state index contributed by atoms with van der Waals surface area (Å²) in [4.78, 5) is 64.0. The molecule has 0 N–H and O–H groups in total. The summed E-state index contributed by atoms with van der Waals surface area (Å²) in [6, 6.07) is 39.1. The van der Waals surface area contributed by atoms with Crippen LogP contribution in [0.1, 0.15) is 133 Å². The van der Waals surface area contributed by atoms with Crippen LogP contribution in [0.25, 0.3) is 16.9 Å². The fraction of sp³-hybridized carbons (Fsp3) is 0.308.